The summed E-state index contributed by atoms with van der Waals surface area (Å²) < 4.78 is 25.5. The minimum absolute atomic E-state index is 0.0523. The molecule has 0 bridgehead atoms. The Labute approximate surface area is 130 Å². The van der Waals surface area contributed by atoms with Crippen molar-refractivity contribution in [3.63, 3.8) is 0 Å². The monoisotopic (exact) mass is 324 g/mol. The predicted molar refractivity (Wildman–Crippen MR) is 77.2 cm³/mol. The summed E-state index contributed by atoms with van der Waals surface area (Å²) in [5, 5.41) is 0. The number of halogens is 1. The standard InChI is InChI=1S/C15H17FN2O5/c1-8(19)22-7-12-9-4-2-3-5-10(9)14(23-12)18-6-11(16)13(20)17-15(18)21/h2-3,6,9-10,12,14H,4-5,7H2,1H3,(H,17,20,21)/t9-,10+,12+,14+/m0/s1. The van der Waals surface area contributed by atoms with Crippen molar-refractivity contribution in [2.24, 2.45) is 11.8 Å². The summed E-state index contributed by atoms with van der Waals surface area (Å²) in [4.78, 5) is 36.1. The summed E-state index contributed by atoms with van der Waals surface area (Å²) in [5.74, 6) is -1.44. The summed E-state index contributed by atoms with van der Waals surface area (Å²) >= 11 is 0. The third-order valence-corrected chi connectivity index (χ3v) is 4.34. The second kappa shape index (κ2) is 6.11. The number of esters is 1. The Kier molecular flexibility index (Phi) is 4.16. The Hall–Kier alpha value is -2.22. The maximum atomic E-state index is 13.5. The third-order valence-electron chi connectivity index (χ3n) is 4.34. The van der Waals surface area contributed by atoms with Gasteiger partial charge in [-0.1, -0.05) is 12.2 Å². The van der Waals surface area contributed by atoms with Crippen molar-refractivity contribution in [3.8, 4) is 0 Å². The first-order valence-electron chi connectivity index (χ1n) is 7.42. The van der Waals surface area contributed by atoms with Gasteiger partial charge in [-0.05, 0) is 18.8 Å². The van der Waals surface area contributed by atoms with Gasteiger partial charge in [-0.25, -0.2) is 4.79 Å². The van der Waals surface area contributed by atoms with E-state index in [1.54, 1.807) is 0 Å². The molecule has 0 amide bonds. The fourth-order valence-corrected chi connectivity index (χ4v) is 3.28. The molecule has 1 aromatic rings. The molecule has 1 N–H and O–H groups in total. The zero-order chi connectivity index (χ0) is 16.6. The molecular weight excluding hydrogens is 307 g/mol. The number of hydrogen-bond acceptors (Lipinski definition) is 5. The molecule has 4 atom stereocenters. The largest absolute Gasteiger partial charge is 0.463 e. The Morgan fingerprint density at radius 3 is 2.78 bits per heavy atom. The van der Waals surface area contributed by atoms with Gasteiger partial charge in [-0.2, -0.15) is 4.39 Å². The number of aromatic amines is 1. The number of nitrogens with one attached hydrogen (secondary N) is 1. The number of fused-ring (bicyclic) bond motifs is 1. The van der Waals surface area contributed by atoms with E-state index >= 15 is 0 Å². The van der Waals surface area contributed by atoms with Crippen LogP contribution in [-0.2, 0) is 14.3 Å². The van der Waals surface area contributed by atoms with Crippen molar-refractivity contribution in [3.05, 3.63) is 45.0 Å². The Morgan fingerprint density at radius 1 is 1.39 bits per heavy atom. The number of carbonyl (C=O) groups is 1. The van der Waals surface area contributed by atoms with Gasteiger partial charge in [-0.15, -0.1) is 0 Å². The number of ether oxygens (including phenoxy) is 2. The smallest absolute Gasteiger partial charge is 0.330 e. The van der Waals surface area contributed by atoms with Crippen LogP contribution in [0, 0.1) is 17.7 Å². The molecule has 2 heterocycles. The van der Waals surface area contributed by atoms with Gasteiger partial charge in [0.15, 0.2) is 0 Å². The normalized spacial score (nSPS) is 29.3. The molecule has 0 spiro atoms. The van der Waals surface area contributed by atoms with E-state index in [2.05, 4.69) is 0 Å². The molecule has 0 unspecified atom stereocenters. The molecule has 1 aromatic heterocycles. The van der Waals surface area contributed by atoms with Crippen molar-refractivity contribution in [2.75, 3.05) is 6.61 Å². The van der Waals surface area contributed by atoms with Crippen LogP contribution < -0.4 is 11.2 Å². The second-order valence-electron chi connectivity index (χ2n) is 5.78. The van der Waals surface area contributed by atoms with E-state index in [0.717, 1.165) is 17.2 Å². The molecule has 7 nitrogen and oxygen atoms in total. The van der Waals surface area contributed by atoms with Crippen LogP contribution >= 0.6 is 0 Å². The van der Waals surface area contributed by atoms with E-state index in [1.807, 2.05) is 17.1 Å². The molecule has 1 aliphatic carbocycles. The van der Waals surface area contributed by atoms with Crippen molar-refractivity contribution in [2.45, 2.75) is 32.1 Å². The molecular formula is C15H17FN2O5. The van der Waals surface area contributed by atoms with Crippen molar-refractivity contribution < 1.29 is 18.7 Å². The Bertz CT molecular complexity index is 753. The molecule has 23 heavy (non-hydrogen) atoms. The first-order valence-corrected chi connectivity index (χ1v) is 7.42. The molecule has 124 valence electrons. The van der Waals surface area contributed by atoms with Crippen molar-refractivity contribution in [1.82, 2.24) is 9.55 Å². The molecule has 0 aromatic carbocycles. The lowest BCUT2D eigenvalue weighted by atomic mass is 9.81. The number of nitrogens with zero attached hydrogens (tertiary/aromatic N) is 1. The highest BCUT2D eigenvalue weighted by Gasteiger charge is 2.46. The molecule has 8 heteroatoms. The maximum absolute atomic E-state index is 13.5. The van der Waals surface area contributed by atoms with Crippen LogP contribution in [0.2, 0.25) is 0 Å². The minimum atomic E-state index is -1.05. The van der Waals surface area contributed by atoms with E-state index in [0.29, 0.717) is 6.42 Å². The number of hydrogen-bond donors (Lipinski definition) is 1. The highest BCUT2D eigenvalue weighted by atomic mass is 19.1. The summed E-state index contributed by atoms with van der Waals surface area (Å²) in [5.41, 5.74) is -1.77. The van der Waals surface area contributed by atoms with Crippen molar-refractivity contribution in [1.29, 1.82) is 0 Å². The third kappa shape index (κ3) is 2.98. The number of allylic oxidation sites excluding steroid dienone is 2. The average Bonchev–Trinajstić information content (AvgIpc) is 2.88. The van der Waals surface area contributed by atoms with Crippen LogP contribution in [0.4, 0.5) is 4.39 Å². The fourth-order valence-electron chi connectivity index (χ4n) is 3.28. The van der Waals surface area contributed by atoms with Gasteiger partial charge in [0.25, 0.3) is 5.56 Å². The number of carbonyl (C=O) groups excluding carboxylic acids is 1. The zero-order valence-electron chi connectivity index (χ0n) is 12.5. The van der Waals surface area contributed by atoms with Gasteiger partial charge >= 0.3 is 11.7 Å². The second-order valence-corrected chi connectivity index (χ2v) is 5.78. The van der Waals surface area contributed by atoms with Crippen LogP contribution in [0.25, 0.3) is 0 Å². The minimum Gasteiger partial charge on any atom is -0.463 e. The number of aromatic nitrogens is 2. The summed E-state index contributed by atoms with van der Waals surface area (Å²) in [6.45, 7) is 1.40. The van der Waals surface area contributed by atoms with Gasteiger partial charge in [0, 0.05) is 12.8 Å². The van der Waals surface area contributed by atoms with Gasteiger partial charge in [-0.3, -0.25) is 19.1 Å². The molecule has 0 saturated carbocycles. The first-order chi connectivity index (χ1) is 11.0. The highest BCUT2D eigenvalue weighted by molar-refractivity contribution is 5.65. The van der Waals surface area contributed by atoms with Gasteiger partial charge in [0.1, 0.15) is 12.8 Å². The molecule has 2 aliphatic rings. The lowest BCUT2D eigenvalue weighted by Gasteiger charge is -2.25. The lowest BCUT2D eigenvalue weighted by Crippen LogP contribution is -2.36. The van der Waals surface area contributed by atoms with Crippen LogP contribution in [-0.4, -0.2) is 28.2 Å². The number of H-pyrrole nitrogens is 1. The van der Waals surface area contributed by atoms with E-state index in [-0.39, 0.29) is 24.5 Å². The fraction of sp³-hybridized carbons (Fsp3) is 0.533. The van der Waals surface area contributed by atoms with E-state index < -0.39 is 29.3 Å². The van der Waals surface area contributed by atoms with E-state index in [9.17, 15) is 18.8 Å². The first kappa shape index (κ1) is 15.7. The van der Waals surface area contributed by atoms with Crippen LogP contribution in [0.5, 0.6) is 0 Å². The molecule has 1 fully saturated rings. The van der Waals surface area contributed by atoms with Gasteiger partial charge < -0.3 is 9.47 Å². The van der Waals surface area contributed by atoms with Crippen LogP contribution in [0.15, 0.2) is 27.9 Å². The summed E-state index contributed by atoms with van der Waals surface area (Å²) in [6.07, 6.45) is 5.19. The maximum Gasteiger partial charge on any atom is 0.330 e. The lowest BCUT2D eigenvalue weighted by molar-refractivity contribution is -0.146. The van der Waals surface area contributed by atoms with Gasteiger partial charge in [0.05, 0.1) is 12.3 Å². The highest BCUT2D eigenvalue weighted by Crippen LogP contribution is 2.45. The molecule has 0 radical (unpaired) electrons. The predicted octanol–water partition coefficient (Wildman–Crippen LogP) is 0.719. The summed E-state index contributed by atoms with van der Waals surface area (Å²) in [7, 11) is 0. The molecule has 3 rings (SSSR count). The van der Waals surface area contributed by atoms with Gasteiger partial charge in [0.2, 0.25) is 5.82 Å². The van der Waals surface area contributed by atoms with E-state index in [4.69, 9.17) is 9.47 Å². The van der Waals surface area contributed by atoms with Crippen molar-refractivity contribution >= 4 is 5.97 Å². The van der Waals surface area contributed by atoms with Crippen LogP contribution in [0.3, 0.4) is 0 Å². The molecule has 1 saturated heterocycles. The Balaban J connectivity index is 1.92. The van der Waals surface area contributed by atoms with E-state index in [1.165, 1.54) is 6.92 Å². The number of rotatable bonds is 3. The quantitative estimate of drug-likeness (QED) is 0.653. The topological polar surface area (TPSA) is 90.4 Å². The SMILES string of the molecule is CC(=O)OC[C@H]1O[C@@H](n2cc(F)c(=O)[nH]c2=O)[C@@H]2CC=CC[C@@H]21. The molecule has 1 aliphatic heterocycles. The summed E-state index contributed by atoms with van der Waals surface area (Å²) in [6, 6.07) is 0. The van der Waals surface area contributed by atoms with Crippen LogP contribution in [0.1, 0.15) is 26.0 Å². The zero-order valence-corrected chi connectivity index (χ0v) is 12.5. The Morgan fingerprint density at radius 2 is 2.09 bits per heavy atom. The average molecular weight is 324 g/mol.